The molecule has 0 amide bonds. The maximum absolute atomic E-state index is 14.2. The molecule has 0 aliphatic rings. The second-order valence-electron chi connectivity index (χ2n) is 5.59. The minimum absolute atomic E-state index is 0.0609. The van der Waals surface area contributed by atoms with Crippen LogP contribution in [0, 0.1) is 26.6 Å². The first-order valence-corrected chi connectivity index (χ1v) is 7.33. The molecule has 3 rings (SSSR count). The van der Waals surface area contributed by atoms with Gasteiger partial charge in [-0.1, -0.05) is 23.4 Å². The van der Waals surface area contributed by atoms with Crippen molar-refractivity contribution in [3.8, 4) is 22.8 Å². The number of aryl methyl sites for hydroxylation is 2. The molecule has 0 spiro atoms. The first-order chi connectivity index (χ1) is 11.4. The average molecular weight is 326 g/mol. The van der Waals surface area contributed by atoms with E-state index in [9.17, 15) is 14.3 Å². The number of nitrogens with zero attached hydrogens (tertiary/aromatic N) is 2. The van der Waals surface area contributed by atoms with Crippen LogP contribution in [0.4, 0.5) is 4.39 Å². The van der Waals surface area contributed by atoms with E-state index in [0.717, 1.165) is 5.56 Å². The van der Waals surface area contributed by atoms with Crippen molar-refractivity contribution >= 4 is 5.97 Å². The maximum Gasteiger partial charge on any atom is 0.335 e. The molecule has 0 fully saturated rings. The summed E-state index contributed by atoms with van der Waals surface area (Å²) < 4.78 is 19.4. The fourth-order valence-electron chi connectivity index (χ4n) is 2.67. The second kappa shape index (κ2) is 5.88. The van der Waals surface area contributed by atoms with Crippen molar-refractivity contribution in [2.24, 2.45) is 0 Å². The topological polar surface area (TPSA) is 76.2 Å². The van der Waals surface area contributed by atoms with Gasteiger partial charge in [0, 0.05) is 5.56 Å². The molecule has 0 bridgehead atoms. The van der Waals surface area contributed by atoms with Crippen LogP contribution in [0.1, 0.15) is 27.0 Å². The summed E-state index contributed by atoms with van der Waals surface area (Å²) in [5, 5.41) is 13.2. The lowest BCUT2D eigenvalue weighted by Gasteiger charge is -2.08. The van der Waals surface area contributed by atoms with Gasteiger partial charge in [-0.25, -0.2) is 9.18 Å². The first-order valence-electron chi connectivity index (χ1n) is 7.33. The van der Waals surface area contributed by atoms with Crippen molar-refractivity contribution in [2.45, 2.75) is 20.8 Å². The highest BCUT2D eigenvalue weighted by atomic mass is 19.1. The van der Waals surface area contributed by atoms with Gasteiger partial charge in [-0.3, -0.25) is 0 Å². The van der Waals surface area contributed by atoms with Gasteiger partial charge in [0.1, 0.15) is 5.82 Å². The summed E-state index contributed by atoms with van der Waals surface area (Å²) in [5.41, 5.74) is 2.81. The van der Waals surface area contributed by atoms with Crippen LogP contribution in [0.15, 0.2) is 34.9 Å². The number of benzene rings is 2. The molecule has 1 heterocycles. The molecule has 0 unspecified atom stereocenters. The zero-order valence-corrected chi connectivity index (χ0v) is 13.4. The minimum Gasteiger partial charge on any atom is -0.478 e. The molecule has 122 valence electrons. The van der Waals surface area contributed by atoms with Gasteiger partial charge in [0.05, 0.1) is 11.1 Å². The third kappa shape index (κ3) is 2.56. The van der Waals surface area contributed by atoms with Gasteiger partial charge in [-0.05, 0) is 49.6 Å². The summed E-state index contributed by atoms with van der Waals surface area (Å²) in [6.45, 7) is 5.17. The smallest absolute Gasteiger partial charge is 0.335 e. The molecule has 3 aromatic rings. The number of carboxylic acids is 1. The lowest BCUT2D eigenvalue weighted by Crippen LogP contribution is -2.03. The molecule has 0 aliphatic carbocycles. The average Bonchev–Trinajstić information content (AvgIpc) is 2.99. The summed E-state index contributed by atoms with van der Waals surface area (Å²) in [6.07, 6.45) is 0. The van der Waals surface area contributed by atoms with E-state index in [1.54, 1.807) is 38.1 Å². The Morgan fingerprint density at radius 3 is 2.58 bits per heavy atom. The molecule has 6 heteroatoms. The van der Waals surface area contributed by atoms with Gasteiger partial charge in [0.15, 0.2) is 0 Å². The van der Waals surface area contributed by atoms with Crippen LogP contribution >= 0.6 is 0 Å². The molecular formula is C18H15FN2O3. The van der Waals surface area contributed by atoms with E-state index >= 15 is 0 Å². The quantitative estimate of drug-likeness (QED) is 0.782. The molecule has 2 aromatic carbocycles. The number of aromatic carboxylic acids is 1. The molecule has 0 atom stereocenters. The van der Waals surface area contributed by atoms with E-state index in [1.165, 1.54) is 6.07 Å². The first kappa shape index (κ1) is 15.9. The van der Waals surface area contributed by atoms with E-state index in [-0.39, 0.29) is 22.8 Å². The van der Waals surface area contributed by atoms with Crippen molar-refractivity contribution in [1.82, 2.24) is 10.1 Å². The molecule has 0 aliphatic heterocycles. The molecular weight excluding hydrogens is 311 g/mol. The second-order valence-corrected chi connectivity index (χ2v) is 5.59. The van der Waals surface area contributed by atoms with Crippen LogP contribution in [-0.2, 0) is 0 Å². The molecule has 24 heavy (non-hydrogen) atoms. The standard InChI is InChI=1S/C18H15FN2O3/c1-9-7-8-12(18(22)23)11(3)14(9)16-20-17(24-21-16)13-6-4-5-10(2)15(13)19/h4-8H,1-3H3,(H,22,23). The van der Waals surface area contributed by atoms with Crippen molar-refractivity contribution in [3.63, 3.8) is 0 Å². The lowest BCUT2D eigenvalue weighted by molar-refractivity contribution is 0.0696. The molecule has 0 saturated carbocycles. The van der Waals surface area contributed by atoms with Crippen molar-refractivity contribution in [1.29, 1.82) is 0 Å². The van der Waals surface area contributed by atoms with Gasteiger partial charge in [0.25, 0.3) is 5.89 Å². The highest BCUT2D eigenvalue weighted by Gasteiger charge is 2.20. The lowest BCUT2D eigenvalue weighted by atomic mass is 9.97. The summed E-state index contributed by atoms with van der Waals surface area (Å²) in [4.78, 5) is 15.6. The summed E-state index contributed by atoms with van der Waals surface area (Å²) >= 11 is 0. The van der Waals surface area contributed by atoms with E-state index < -0.39 is 11.8 Å². The Morgan fingerprint density at radius 2 is 1.88 bits per heavy atom. The fraction of sp³-hybridized carbons (Fsp3) is 0.167. The molecule has 0 saturated heterocycles. The van der Waals surface area contributed by atoms with E-state index in [0.29, 0.717) is 16.7 Å². The highest BCUT2D eigenvalue weighted by Crippen LogP contribution is 2.30. The Bertz CT molecular complexity index is 947. The molecule has 0 radical (unpaired) electrons. The number of halogens is 1. The number of carbonyl (C=O) groups is 1. The molecule has 1 aromatic heterocycles. The Hall–Kier alpha value is -3.02. The zero-order valence-electron chi connectivity index (χ0n) is 13.4. The van der Waals surface area contributed by atoms with E-state index in [2.05, 4.69) is 10.1 Å². The summed E-state index contributed by atoms with van der Waals surface area (Å²) in [6, 6.07) is 8.15. The third-order valence-electron chi connectivity index (χ3n) is 3.98. The molecule has 5 nitrogen and oxygen atoms in total. The Kier molecular flexibility index (Phi) is 3.89. The summed E-state index contributed by atoms with van der Waals surface area (Å²) in [7, 11) is 0. The fourth-order valence-corrected chi connectivity index (χ4v) is 2.67. The van der Waals surface area contributed by atoms with E-state index in [1.807, 2.05) is 6.92 Å². The van der Waals surface area contributed by atoms with Crippen LogP contribution in [-0.4, -0.2) is 21.2 Å². The van der Waals surface area contributed by atoms with Crippen LogP contribution in [0.25, 0.3) is 22.8 Å². The number of aromatic nitrogens is 2. The van der Waals surface area contributed by atoms with Crippen LogP contribution in [0.3, 0.4) is 0 Å². The van der Waals surface area contributed by atoms with E-state index in [4.69, 9.17) is 4.52 Å². The third-order valence-corrected chi connectivity index (χ3v) is 3.98. The summed E-state index contributed by atoms with van der Waals surface area (Å²) in [5.74, 6) is -1.14. The van der Waals surface area contributed by atoms with Crippen LogP contribution in [0.5, 0.6) is 0 Å². The predicted octanol–water partition coefficient (Wildman–Crippen LogP) is 4.17. The van der Waals surface area contributed by atoms with Gasteiger partial charge >= 0.3 is 5.97 Å². The molecule has 1 N–H and O–H groups in total. The Morgan fingerprint density at radius 1 is 1.12 bits per heavy atom. The Balaban J connectivity index is 2.14. The van der Waals surface area contributed by atoms with Crippen molar-refractivity contribution in [2.75, 3.05) is 0 Å². The SMILES string of the molecule is Cc1cccc(-c2nc(-c3c(C)ccc(C(=O)O)c3C)no2)c1F. The maximum atomic E-state index is 14.2. The van der Waals surface area contributed by atoms with Crippen LogP contribution in [0.2, 0.25) is 0 Å². The van der Waals surface area contributed by atoms with Gasteiger partial charge in [-0.15, -0.1) is 0 Å². The zero-order chi connectivity index (χ0) is 17.4. The van der Waals surface area contributed by atoms with Gasteiger partial charge in [0.2, 0.25) is 5.82 Å². The largest absolute Gasteiger partial charge is 0.478 e. The van der Waals surface area contributed by atoms with Gasteiger partial charge < -0.3 is 9.63 Å². The number of carboxylic acid groups (broad SMARTS) is 1. The predicted molar refractivity (Wildman–Crippen MR) is 86.3 cm³/mol. The minimum atomic E-state index is -1.03. The number of hydrogen-bond acceptors (Lipinski definition) is 4. The Labute approximate surface area is 137 Å². The van der Waals surface area contributed by atoms with Crippen molar-refractivity contribution in [3.05, 3.63) is 58.4 Å². The monoisotopic (exact) mass is 326 g/mol. The van der Waals surface area contributed by atoms with Crippen LogP contribution < -0.4 is 0 Å². The highest BCUT2D eigenvalue weighted by molar-refractivity contribution is 5.92. The van der Waals surface area contributed by atoms with Crippen molar-refractivity contribution < 1.29 is 18.8 Å². The van der Waals surface area contributed by atoms with Gasteiger partial charge in [-0.2, -0.15) is 4.98 Å². The normalized spacial score (nSPS) is 10.8. The number of rotatable bonds is 3. The number of hydrogen-bond donors (Lipinski definition) is 1.